The fourth-order valence-corrected chi connectivity index (χ4v) is 2.15. The Bertz CT molecular complexity index is 687. The number of aliphatic carboxylic acids is 1. The van der Waals surface area contributed by atoms with Crippen molar-refractivity contribution in [2.45, 2.75) is 19.9 Å². The molecule has 1 aromatic heterocycles. The van der Waals surface area contributed by atoms with Crippen LogP contribution in [0.2, 0.25) is 0 Å². The molecule has 1 atom stereocenters. The van der Waals surface area contributed by atoms with Crippen LogP contribution in [0.1, 0.15) is 33.5 Å². The molecule has 0 aliphatic heterocycles. The minimum Gasteiger partial charge on any atom is -0.497 e. The molecule has 0 aliphatic carbocycles. The molecule has 0 bridgehead atoms. The van der Waals surface area contributed by atoms with Gasteiger partial charge < -0.3 is 19.6 Å². The summed E-state index contributed by atoms with van der Waals surface area (Å²) in [4.78, 5) is 23.7. The molecule has 0 radical (unpaired) electrons. The molecule has 22 heavy (non-hydrogen) atoms. The molecule has 0 saturated heterocycles. The summed E-state index contributed by atoms with van der Waals surface area (Å²) < 4.78 is 10.3. The summed E-state index contributed by atoms with van der Waals surface area (Å²) in [5.74, 6) is 0.0299. The van der Waals surface area contributed by atoms with Crippen LogP contribution in [0.5, 0.6) is 5.75 Å². The topological polar surface area (TPSA) is 88.8 Å². The van der Waals surface area contributed by atoms with E-state index < -0.39 is 17.9 Å². The maximum Gasteiger partial charge on any atom is 0.330 e. The second-order valence-corrected chi connectivity index (χ2v) is 4.84. The molecular weight excluding hydrogens is 286 g/mol. The number of aryl methyl sites for hydroxylation is 2. The molecule has 0 fully saturated rings. The smallest absolute Gasteiger partial charge is 0.330 e. The fraction of sp³-hybridized carbons (Fsp3) is 0.250. The predicted molar refractivity (Wildman–Crippen MR) is 79.0 cm³/mol. The Morgan fingerprint density at radius 2 is 1.86 bits per heavy atom. The highest BCUT2D eigenvalue weighted by Gasteiger charge is 2.24. The van der Waals surface area contributed by atoms with Crippen molar-refractivity contribution in [2.24, 2.45) is 0 Å². The first-order chi connectivity index (χ1) is 10.4. The van der Waals surface area contributed by atoms with Gasteiger partial charge in [0.2, 0.25) is 0 Å². The van der Waals surface area contributed by atoms with E-state index in [2.05, 4.69) is 5.32 Å². The summed E-state index contributed by atoms with van der Waals surface area (Å²) in [6.45, 7) is 3.38. The molecule has 116 valence electrons. The van der Waals surface area contributed by atoms with E-state index in [4.69, 9.17) is 9.15 Å². The van der Waals surface area contributed by atoms with Gasteiger partial charge in [0.25, 0.3) is 5.91 Å². The predicted octanol–water partition coefficient (Wildman–Crippen LogP) is 2.46. The number of hydrogen-bond donors (Lipinski definition) is 2. The van der Waals surface area contributed by atoms with Gasteiger partial charge in [-0.05, 0) is 37.6 Å². The third-order valence-corrected chi connectivity index (χ3v) is 3.26. The van der Waals surface area contributed by atoms with E-state index in [-0.39, 0.29) is 0 Å². The molecule has 2 rings (SSSR count). The zero-order valence-corrected chi connectivity index (χ0v) is 12.5. The first-order valence-electron chi connectivity index (χ1n) is 6.67. The van der Waals surface area contributed by atoms with Crippen molar-refractivity contribution >= 4 is 11.9 Å². The van der Waals surface area contributed by atoms with Crippen LogP contribution in [0.3, 0.4) is 0 Å². The molecular formula is C16H17NO5. The van der Waals surface area contributed by atoms with Crippen molar-refractivity contribution < 1.29 is 23.8 Å². The van der Waals surface area contributed by atoms with Crippen molar-refractivity contribution in [1.29, 1.82) is 0 Å². The number of carboxylic acids is 1. The van der Waals surface area contributed by atoms with E-state index in [0.717, 1.165) is 0 Å². The molecule has 2 aromatic rings. The van der Waals surface area contributed by atoms with Gasteiger partial charge in [0.05, 0.1) is 12.7 Å². The number of carbonyl (C=O) groups excluding carboxylic acids is 1. The number of amides is 1. The standard InChI is InChI=1S/C16H17NO5/c1-9-8-13(10(2)22-9)15(18)17-14(16(19)20)11-4-6-12(21-3)7-5-11/h4-8,14H,1-3H3,(H,17,18)(H,19,20). The average Bonchev–Trinajstić information content (AvgIpc) is 2.83. The lowest BCUT2D eigenvalue weighted by atomic mass is 10.1. The van der Waals surface area contributed by atoms with Crippen molar-refractivity contribution in [3.8, 4) is 5.75 Å². The zero-order chi connectivity index (χ0) is 16.3. The molecule has 1 aromatic carbocycles. The van der Waals surface area contributed by atoms with Crippen molar-refractivity contribution in [2.75, 3.05) is 7.11 Å². The van der Waals surface area contributed by atoms with Crippen molar-refractivity contribution in [3.05, 3.63) is 53.0 Å². The van der Waals surface area contributed by atoms with Crippen LogP contribution < -0.4 is 10.1 Å². The number of carboxylic acid groups (broad SMARTS) is 1. The van der Waals surface area contributed by atoms with Gasteiger partial charge in [0.1, 0.15) is 17.3 Å². The number of ether oxygens (including phenoxy) is 1. The van der Waals surface area contributed by atoms with Crippen LogP contribution in [0.4, 0.5) is 0 Å². The molecule has 6 nitrogen and oxygen atoms in total. The highest BCUT2D eigenvalue weighted by Crippen LogP contribution is 2.20. The molecule has 1 amide bonds. The normalized spacial score (nSPS) is 11.8. The lowest BCUT2D eigenvalue weighted by Crippen LogP contribution is -2.33. The number of carbonyl (C=O) groups is 2. The number of hydrogen-bond acceptors (Lipinski definition) is 4. The molecule has 0 aliphatic rings. The monoisotopic (exact) mass is 303 g/mol. The van der Waals surface area contributed by atoms with E-state index in [0.29, 0.717) is 28.4 Å². The molecule has 0 spiro atoms. The van der Waals surface area contributed by atoms with E-state index in [1.54, 1.807) is 44.2 Å². The van der Waals surface area contributed by atoms with Crippen molar-refractivity contribution in [1.82, 2.24) is 5.32 Å². The summed E-state index contributed by atoms with van der Waals surface area (Å²) >= 11 is 0. The van der Waals surface area contributed by atoms with Crippen LogP contribution in [0, 0.1) is 13.8 Å². The van der Waals surface area contributed by atoms with Gasteiger partial charge >= 0.3 is 5.97 Å². The molecule has 2 N–H and O–H groups in total. The average molecular weight is 303 g/mol. The third kappa shape index (κ3) is 3.28. The highest BCUT2D eigenvalue weighted by atomic mass is 16.5. The first kappa shape index (κ1) is 15.6. The summed E-state index contributed by atoms with van der Waals surface area (Å²) in [6, 6.07) is 6.93. The van der Waals surface area contributed by atoms with Gasteiger partial charge in [0, 0.05) is 0 Å². The van der Waals surface area contributed by atoms with Crippen LogP contribution in [-0.4, -0.2) is 24.1 Å². The number of methoxy groups -OCH3 is 1. The van der Waals surface area contributed by atoms with E-state index >= 15 is 0 Å². The van der Waals surface area contributed by atoms with Gasteiger partial charge in [0.15, 0.2) is 6.04 Å². The maximum atomic E-state index is 12.2. The zero-order valence-electron chi connectivity index (χ0n) is 12.5. The van der Waals surface area contributed by atoms with Gasteiger partial charge in [-0.25, -0.2) is 4.79 Å². The minimum atomic E-state index is -1.15. The number of furan rings is 1. The molecule has 6 heteroatoms. The summed E-state index contributed by atoms with van der Waals surface area (Å²) in [5.41, 5.74) is 0.789. The van der Waals surface area contributed by atoms with E-state index in [1.165, 1.54) is 7.11 Å². The Morgan fingerprint density at radius 3 is 2.32 bits per heavy atom. The van der Waals surface area contributed by atoms with Gasteiger partial charge in [-0.2, -0.15) is 0 Å². The van der Waals surface area contributed by atoms with Crippen LogP contribution in [0.25, 0.3) is 0 Å². The second-order valence-electron chi connectivity index (χ2n) is 4.84. The summed E-state index contributed by atoms with van der Waals surface area (Å²) in [5, 5.41) is 11.9. The first-order valence-corrected chi connectivity index (χ1v) is 6.67. The van der Waals surface area contributed by atoms with Gasteiger partial charge in [-0.1, -0.05) is 12.1 Å². The fourth-order valence-electron chi connectivity index (χ4n) is 2.15. The number of nitrogens with one attached hydrogen (secondary N) is 1. The summed E-state index contributed by atoms with van der Waals surface area (Å²) in [7, 11) is 1.52. The highest BCUT2D eigenvalue weighted by molar-refractivity contribution is 5.97. The number of rotatable bonds is 5. The molecule has 1 unspecified atom stereocenters. The Balaban J connectivity index is 2.23. The SMILES string of the molecule is COc1ccc(C(NC(=O)c2cc(C)oc2C)C(=O)O)cc1. The minimum absolute atomic E-state index is 0.331. The summed E-state index contributed by atoms with van der Waals surface area (Å²) in [6.07, 6.45) is 0. The quantitative estimate of drug-likeness (QED) is 0.885. The number of benzene rings is 1. The van der Waals surface area contributed by atoms with E-state index in [9.17, 15) is 14.7 Å². The largest absolute Gasteiger partial charge is 0.497 e. The van der Waals surface area contributed by atoms with Gasteiger partial charge in [-0.15, -0.1) is 0 Å². The Labute approximate surface area is 127 Å². The molecule has 0 saturated carbocycles. The second kappa shape index (κ2) is 6.34. The Hall–Kier alpha value is -2.76. The third-order valence-electron chi connectivity index (χ3n) is 3.26. The Morgan fingerprint density at radius 1 is 1.23 bits per heavy atom. The van der Waals surface area contributed by atoms with Crippen molar-refractivity contribution in [3.63, 3.8) is 0 Å². The van der Waals surface area contributed by atoms with Gasteiger partial charge in [-0.3, -0.25) is 4.79 Å². The lowest BCUT2D eigenvalue weighted by molar-refractivity contribution is -0.139. The van der Waals surface area contributed by atoms with E-state index in [1.807, 2.05) is 0 Å². The van der Waals surface area contributed by atoms with Crippen LogP contribution >= 0.6 is 0 Å². The van der Waals surface area contributed by atoms with Crippen LogP contribution in [0.15, 0.2) is 34.7 Å². The Kier molecular flexibility index (Phi) is 4.50. The maximum absolute atomic E-state index is 12.2. The lowest BCUT2D eigenvalue weighted by Gasteiger charge is -2.15. The molecule has 1 heterocycles. The van der Waals surface area contributed by atoms with Crippen LogP contribution in [-0.2, 0) is 4.79 Å².